The molecule has 0 N–H and O–H groups in total. The van der Waals surface area contributed by atoms with Gasteiger partial charge in [0.25, 0.3) is 10.0 Å². The maximum Gasteiger partial charge on any atom is 0.284 e. The molecule has 0 saturated carbocycles. The Morgan fingerprint density at radius 2 is 1.14 bits per heavy atom. The van der Waals surface area contributed by atoms with Crippen LogP contribution in [0.15, 0.2) is 136 Å². The monoisotopic (exact) mass is 477 g/mol. The smallest absolute Gasteiger partial charge is 0.235 e. The van der Waals surface area contributed by atoms with Gasteiger partial charge in [-0.25, -0.2) is 4.99 Å². The van der Waals surface area contributed by atoms with Crippen LogP contribution < -0.4 is 0 Å². The van der Waals surface area contributed by atoms with E-state index in [-0.39, 0.29) is 10.7 Å². The number of sulfonamides is 1. The molecule has 0 unspecified atom stereocenters. The molecule has 0 fully saturated rings. The van der Waals surface area contributed by atoms with E-state index in [0.29, 0.717) is 11.3 Å². The molecule has 0 saturated heterocycles. The summed E-state index contributed by atoms with van der Waals surface area (Å²) in [5.41, 5.74) is 4.54. The quantitative estimate of drug-likeness (QED) is 0.360. The molecule has 0 aromatic heterocycles. The number of aliphatic imine (C=N–C) groups is 1. The molecular formula is C29H23N3O2S. The van der Waals surface area contributed by atoms with Crippen LogP contribution in [0.1, 0.15) is 22.3 Å². The average Bonchev–Trinajstić information content (AvgIpc) is 3.11. The van der Waals surface area contributed by atoms with E-state index in [2.05, 4.69) is 0 Å². The number of hydrogen-bond donors (Lipinski definition) is 0. The fraction of sp³-hybridized carbons (Fsp3) is 0.0345. The first-order valence-electron chi connectivity index (χ1n) is 11.2. The molecule has 6 heteroatoms. The second kappa shape index (κ2) is 9.52. The van der Waals surface area contributed by atoms with Gasteiger partial charge < -0.3 is 0 Å². The molecule has 0 atom stereocenters. The number of amidine groups is 1. The lowest BCUT2D eigenvalue weighted by atomic mass is 9.97. The Kier molecular flexibility index (Phi) is 6.12. The van der Waals surface area contributed by atoms with Gasteiger partial charge >= 0.3 is 0 Å². The zero-order valence-corrected chi connectivity index (χ0v) is 19.9. The summed E-state index contributed by atoms with van der Waals surface area (Å²) in [4.78, 5) is 4.85. The summed E-state index contributed by atoms with van der Waals surface area (Å²) < 4.78 is 29.0. The van der Waals surface area contributed by atoms with Gasteiger partial charge in [-0.05, 0) is 24.6 Å². The fourth-order valence-electron chi connectivity index (χ4n) is 3.82. The number of hydrogen-bond acceptors (Lipinski definition) is 4. The zero-order chi connectivity index (χ0) is 24.3. The molecule has 5 nitrogen and oxygen atoms in total. The first kappa shape index (κ1) is 22.5. The zero-order valence-electron chi connectivity index (χ0n) is 19.1. The summed E-state index contributed by atoms with van der Waals surface area (Å²) in [7, 11) is -4.06. The Morgan fingerprint density at radius 1 is 0.629 bits per heavy atom. The topological polar surface area (TPSA) is 62.1 Å². The van der Waals surface area contributed by atoms with Gasteiger partial charge in [0.1, 0.15) is 5.71 Å². The SMILES string of the molecule is Cc1ccc(S(=O)(=O)N2N=C(c3ccccc3)C(c3ccccc3)=CN=C2c2ccccc2)cc1. The van der Waals surface area contributed by atoms with Crippen LogP contribution in [0.25, 0.3) is 5.57 Å². The van der Waals surface area contributed by atoms with Gasteiger partial charge in [0.05, 0.1) is 4.90 Å². The summed E-state index contributed by atoms with van der Waals surface area (Å²) in [6.45, 7) is 1.92. The molecule has 4 aromatic rings. The van der Waals surface area contributed by atoms with E-state index in [0.717, 1.165) is 26.7 Å². The van der Waals surface area contributed by atoms with Crippen LogP contribution in [0.4, 0.5) is 0 Å². The van der Waals surface area contributed by atoms with Crippen LogP contribution in [0.2, 0.25) is 0 Å². The minimum atomic E-state index is -4.06. The number of rotatable bonds is 5. The van der Waals surface area contributed by atoms with E-state index >= 15 is 0 Å². The van der Waals surface area contributed by atoms with Crippen molar-refractivity contribution in [1.29, 1.82) is 0 Å². The Hall–Kier alpha value is -4.29. The molecule has 0 spiro atoms. The van der Waals surface area contributed by atoms with Gasteiger partial charge in [0.2, 0.25) is 0 Å². The summed E-state index contributed by atoms with van der Waals surface area (Å²) in [6.07, 6.45) is 1.70. The lowest BCUT2D eigenvalue weighted by Gasteiger charge is -2.21. The second-order valence-electron chi connectivity index (χ2n) is 8.10. The lowest BCUT2D eigenvalue weighted by molar-refractivity contribution is 0.535. The highest BCUT2D eigenvalue weighted by Crippen LogP contribution is 2.28. The maximum absolute atomic E-state index is 14.0. The van der Waals surface area contributed by atoms with Gasteiger partial charge in [-0.1, -0.05) is 109 Å². The van der Waals surface area contributed by atoms with Crippen molar-refractivity contribution >= 4 is 27.1 Å². The number of nitrogens with zero attached hydrogens (tertiary/aromatic N) is 3. The number of allylic oxidation sites excluding steroid dienone is 1. The van der Waals surface area contributed by atoms with Crippen molar-refractivity contribution < 1.29 is 8.42 Å². The summed E-state index contributed by atoms with van der Waals surface area (Å²) >= 11 is 0. The lowest BCUT2D eigenvalue weighted by Crippen LogP contribution is -2.34. The van der Waals surface area contributed by atoms with E-state index in [1.54, 1.807) is 30.5 Å². The van der Waals surface area contributed by atoms with Gasteiger partial charge in [-0.3, -0.25) is 0 Å². The molecule has 0 bridgehead atoms. The Morgan fingerprint density at radius 3 is 1.71 bits per heavy atom. The molecule has 0 aliphatic carbocycles. The Labute approximate surface area is 205 Å². The van der Waals surface area contributed by atoms with Crippen molar-refractivity contribution in [1.82, 2.24) is 4.41 Å². The van der Waals surface area contributed by atoms with Gasteiger partial charge in [-0.2, -0.15) is 13.5 Å². The molecule has 1 aliphatic rings. The highest BCUT2D eigenvalue weighted by Gasteiger charge is 2.31. The van der Waals surface area contributed by atoms with Gasteiger partial charge in [-0.15, -0.1) is 4.41 Å². The van der Waals surface area contributed by atoms with Crippen LogP contribution in [-0.4, -0.2) is 24.4 Å². The normalized spacial score (nSPS) is 14.0. The molecule has 4 aromatic carbocycles. The van der Waals surface area contributed by atoms with Gasteiger partial charge in [0, 0.05) is 22.9 Å². The van der Waals surface area contributed by atoms with Crippen LogP contribution in [0.5, 0.6) is 0 Å². The minimum Gasteiger partial charge on any atom is -0.235 e. The molecule has 172 valence electrons. The largest absolute Gasteiger partial charge is 0.284 e. The standard InChI is InChI=1S/C29H23N3O2S/c1-22-17-19-26(20-18-22)35(33,34)32-29(25-15-9-4-10-16-25)30-21-27(23-11-5-2-6-12-23)28(31-32)24-13-7-3-8-14-24/h2-21H,1H3. The van der Waals surface area contributed by atoms with Crippen molar-refractivity contribution in [3.8, 4) is 0 Å². The summed E-state index contributed by atoms with van der Waals surface area (Å²) in [5, 5.41) is 4.79. The van der Waals surface area contributed by atoms with Crippen LogP contribution in [0, 0.1) is 6.92 Å². The molecular weight excluding hydrogens is 454 g/mol. The van der Waals surface area contributed by atoms with E-state index in [1.807, 2.05) is 97.9 Å². The van der Waals surface area contributed by atoms with Crippen LogP contribution in [-0.2, 0) is 10.0 Å². The number of benzene rings is 4. The van der Waals surface area contributed by atoms with Crippen LogP contribution in [0.3, 0.4) is 0 Å². The first-order chi connectivity index (χ1) is 17.0. The maximum atomic E-state index is 14.0. The highest BCUT2D eigenvalue weighted by atomic mass is 32.2. The van der Waals surface area contributed by atoms with Crippen molar-refractivity contribution in [3.63, 3.8) is 0 Å². The van der Waals surface area contributed by atoms with Crippen molar-refractivity contribution in [2.75, 3.05) is 0 Å². The highest BCUT2D eigenvalue weighted by molar-refractivity contribution is 7.89. The first-order valence-corrected chi connectivity index (χ1v) is 12.6. The van der Waals surface area contributed by atoms with Crippen molar-refractivity contribution in [3.05, 3.63) is 144 Å². The van der Waals surface area contributed by atoms with Crippen LogP contribution >= 0.6 is 0 Å². The Balaban J connectivity index is 1.78. The van der Waals surface area contributed by atoms with Crippen molar-refractivity contribution in [2.24, 2.45) is 10.1 Å². The predicted molar refractivity (Wildman–Crippen MR) is 141 cm³/mol. The third-order valence-corrected chi connectivity index (χ3v) is 7.23. The summed E-state index contributed by atoms with van der Waals surface area (Å²) in [5.74, 6) is 0.227. The number of hydrazone groups is 1. The van der Waals surface area contributed by atoms with E-state index < -0.39 is 10.0 Å². The van der Waals surface area contributed by atoms with E-state index in [4.69, 9.17) is 10.1 Å². The molecule has 1 aliphatic heterocycles. The van der Waals surface area contributed by atoms with E-state index in [1.165, 1.54) is 0 Å². The molecule has 1 heterocycles. The third-order valence-electron chi connectivity index (χ3n) is 5.65. The molecule has 0 radical (unpaired) electrons. The predicted octanol–water partition coefficient (Wildman–Crippen LogP) is 5.89. The molecule has 35 heavy (non-hydrogen) atoms. The fourth-order valence-corrected chi connectivity index (χ4v) is 5.07. The van der Waals surface area contributed by atoms with Crippen molar-refractivity contribution in [2.45, 2.75) is 11.8 Å². The van der Waals surface area contributed by atoms with E-state index in [9.17, 15) is 8.42 Å². The minimum absolute atomic E-state index is 0.144. The van der Waals surface area contributed by atoms with Gasteiger partial charge in [0.15, 0.2) is 5.84 Å². The average molecular weight is 478 g/mol. The Bertz CT molecular complexity index is 1530. The molecule has 5 rings (SSSR count). The third kappa shape index (κ3) is 4.56. The second-order valence-corrected chi connectivity index (χ2v) is 9.87. The molecule has 0 amide bonds. The number of aryl methyl sites for hydroxylation is 1. The summed E-state index contributed by atoms with van der Waals surface area (Å²) in [6, 6.07) is 35.3.